The fraction of sp³-hybridized carbons (Fsp3) is 0. The molecule has 0 aliphatic rings. The summed E-state index contributed by atoms with van der Waals surface area (Å²) in [5.41, 5.74) is -7.46. The molecule has 0 atom stereocenters. The summed E-state index contributed by atoms with van der Waals surface area (Å²) >= 11 is 0. The Bertz CT molecular complexity index is 4430. The van der Waals surface area contributed by atoms with E-state index < -0.39 is 280 Å². The zero-order chi connectivity index (χ0) is 58.4. The van der Waals surface area contributed by atoms with E-state index in [0.29, 0.717) is 0 Å². The van der Waals surface area contributed by atoms with Gasteiger partial charge < -0.3 is 4.42 Å². The lowest BCUT2D eigenvalue weighted by atomic mass is 9.84. The van der Waals surface area contributed by atoms with E-state index >= 15 is 0 Å². The summed E-state index contributed by atoms with van der Waals surface area (Å²) in [6, 6.07) is -28.7. The summed E-state index contributed by atoms with van der Waals surface area (Å²) in [6.07, 6.45) is 0. The first-order valence-electron chi connectivity index (χ1n) is 29.4. The highest BCUT2D eigenvalue weighted by atomic mass is 16.3. The van der Waals surface area contributed by atoms with Crippen LogP contribution in [0.15, 0.2) is 186 Å². The van der Waals surface area contributed by atoms with Crippen LogP contribution in [0.25, 0.3) is 98.8 Å². The molecular formula is C48H30O. The van der Waals surface area contributed by atoms with Crippen LogP contribution in [-0.4, -0.2) is 0 Å². The van der Waals surface area contributed by atoms with Crippen molar-refractivity contribution in [1.82, 2.24) is 0 Å². The summed E-state index contributed by atoms with van der Waals surface area (Å²) in [4.78, 5) is 0. The highest BCUT2D eigenvalue weighted by molar-refractivity contribution is 6.27. The zero-order valence-electron chi connectivity index (χ0n) is 54.4. The van der Waals surface area contributed by atoms with Crippen molar-refractivity contribution in [1.29, 1.82) is 0 Å². The van der Waals surface area contributed by atoms with Crippen molar-refractivity contribution >= 4 is 54.3 Å². The number of fused-ring (bicyclic) bond motifs is 7. The second kappa shape index (κ2) is 11.1. The summed E-state index contributed by atoms with van der Waals surface area (Å²) in [6.45, 7) is 0. The van der Waals surface area contributed by atoms with Gasteiger partial charge in [0.15, 0.2) is 0 Å². The van der Waals surface area contributed by atoms with E-state index in [2.05, 4.69) is 0 Å². The number of rotatable bonds is 4. The molecule has 0 N–H and O–H groups in total. The third-order valence-electron chi connectivity index (χ3n) is 7.87. The maximum atomic E-state index is 9.60. The van der Waals surface area contributed by atoms with Crippen LogP contribution >= 0.6 is 0 Å². The molecule has 1 heterocycles. The Balaban J connectivity index is 1.47. The van der Waals surface area contributed by atoms with Gasteiger partial charge in [-0.3, -0.25) is 0 Å². The smallest absolute Gasteiger partial charge is 0.143 e. The Morgan fingerprint density at radius 1 is 0.347 bits per heavy atom. The molecule has 9 aromatic carbocycles. The van der Waals surface area contributed by atoms with Crippen molar-refractivity contribution in [2.24, 2.45) is 0 Å². The van der Waals surface area contributed by atoms with Crippen molar-refractivity contribution in [3.8, 4) is 44.5 Å². The van der Waals surface area contributed by atoms with Gasteiger partial charge >= 0.3 is 0 Å². The predicted molar refractivity (Wildman–Crippen MR) is 208 cm³/mol. The van der Waals surface area contributed by atoms with E-state index in [1.807, 2.05) is 0 Å². The van der Waals surface area contributed by atoms with Crippen LogP contribution in [0.2, 0.25) is 0 Å². The Labute approximate surface area is 326 Å². The number of hydrogen-bond donors (Lipinski definition) is 0. The summed E-state index contributed by atoms with van der Waals surface area (Å²) in [5.74, 6) is 0. The maximum Gasteiger partial charge on any atom is 0.143 e. The van der Waals surface area contributed by atoms with Crippen LogP contribution in [0, 0.1) is 0 Å². The van der Waals surface area contributed by atoms with Gasteiger partial charge in [-0.25, -0.2) is 0 Å². The summed E-state index contributed by atoms with van der Waals surface area (Å²) in [5, 5.41) is -5.51. The van der Waals surface area contributed by atoms with Crippen LogP contribution in [-0.2, 0) is 0 Å². The first-order chi connectivity index (χ1) is 36.8. The van der Waals surface area contributed by atoms with Gasteiger partial charge in [0.05, 0.1) is 41.1 Å². The molecule has 0 fully saturated rings. The third kappa shape index (κ3) is 4.40. The van der Waals surface area contributed by atoms with E-state index in [9.17, 15) is 17.8 Å². The fourth-order valence-corrected chi connectivity index (χ4v) is 5.81. The van der Waals surface area contributed by atoms with E-state index in [1.165, 1.54) is 0 Å². The topological polar surface area (TPSA) is 13.1 Å². The molecule has 0 spiro atoms. The van der Waals surface area contributed by atoms with Gasteiger partial charge in [-0.15, -0.1) is 0 Å². The molecular weight excluding hydrogens is 593 g/mol. The lowest BCUT2D eigenvalue weighted by molar-refractivity contribution is 0.673. The average Bonchev–Trinajstić information content (AvgIpc) is 4.08. The molecule has 0 saturated carbocycles. The summed E-state index contributed by atoms with van der Waals surface area (Å²) < 4.78 is 275. The Morgan fingerprint density at radius 2 is 0.857 bits per heavy atom. The average molecular weight is 653 g/mol. The quantitative estimate of drug-likeness (QED) is 0.172. The van der Waals surface area contributed by atoms with Crippen LogP contribution in [0.4, 0.5) is 0 Å². The molecule has 1 heteroatoms. The van der Waals surface area contributed by atoms with Crippen LogP contribution in [0.5, 0.6) is 0 Å². The molecule has 0 aliphatic heterocycles. The minimum atomic E-state index is -1.09. The highest BCUT2D eigenvalue weighted by Crippen LogP contribution is 2.47. The minimum Gasteiger partial charge on any atom is -0.455 e. The number of benzene rings is 9. The molecule has 0 saturated heterocycles. The van der Waals surface area contributed by atoms with Gasteiger partial charge in [0, 0.05) is 16.2 Å². The van der Waals surface area contributed by atoms with Crippen LogP contribution < -0.4 is 0 Å². The van der Waals surface area contributed by atoms with Crippen molar-refractivity contribution in [3.63, 3.8) is 0 Å². The SMILES string of the molecule is [2H]c1c([2H])c([2H])c(-c2c([2H])c([2H])c(-c3c4c([2H])c([2H])c([2H])c([2H])c4c(-c4c([2H])c([2H])c([2H])c5oc6c7c([2H])c([2H])c(-c8c([2H])c([2H])c([2H])c([2H])c8[2H])c([2H])c7c([2H])c([2H])c6c45)c4c([2H])c([2H])c([2H])c([2H])c34)c([2H])c2[2H])c([2H])c1[2H]. The van der Waals surface area contributed by atoms with E-state index in [-0.39, 0.29) is 0 Å². The lowest BCUT2D eigenvalue weighted by Gasteiger charge is -2.18. The molecule has 10 rings (SSSR count). The van der Waals surface area contributed by atoms with Crippen LogP contribution in [0.3, 0.4) is 0 Å². The second-order valence-electron chi connectivity index (χ2n) is 10.5. The molecule has 49 heavy (non-hydrogen) atoms. The van der Waals surface area contributed by atoms with Crippen molar-refractivity contribution < 1.29 is 45.5 Å². The van der Waals surface area contributed by atoms with Gasteiger partial charge in [0.2, 0.25) is 0 Å². The lowest BCUT2D eigenvalue weighted by Crippen LogP contribution is -1.91. The fourth-order valence-electron chi connectivity index (χ4n) is 5.81. The molecule has 0 unspecified atom stereocenters. The molecule has 1 aromatic heterocycles. The van der Waals surface area contributed by atoms with Gasteiger partial charge in [0.1, 0.15) is 11.2 Å². The molecule has 0 amide bonds. The molecule has 0 radical (unpaired) electrons. The largest absolute Gasteiger partial charge is 0.455 e. The predicted octanol–water partition coefficient (Wildman–Crippen LogP) is 13.7. The summed E-state index contributed by atoms with van der Waals surface area (Å²) in [7, 11) is 0. The van der Waals surface area contributed by atoms with Gasteiger partial charge in [-0.2, -0.15) is 0 Å². The minimum absolute atomic E-state index is 0.592. The van der Waals surface area contributed by atoms with Crippen molar-refractivity contribution in [2.45, 2.75) is 0 Å². The highest BCUT2D eigenvalue weighted by Gasteiger charge is 2.21. The third-order valence-corrected chi connectivity index (χ3v) is 7.87. The molecule has 0 aliphatic carbocycles. The Morgan fingerprint density at radius 3 is 1.51 bits per heavy atom. The number of hydrogen-bond acceptors (Lipinski definition) is 1. The molecule has 1 nitrogen and oxygen atoms in total. The normalized spacial score (nSPS) is 20.2. The standard InChI is InChI=1S/C48H30O/c1-3-12-31(13-4-1)33-22-24-34(25-23-33)45-38-16-7-9-18-40(38)46(41-19-10-8-17-39(41)45)42-20-11-21-44-47(42)43-29-27-36-30-35(32-14-5-2-6-15-32)26-28-37(36)48(43)49-44/h1-30H/i1D,2D,3D,4D,5D,6D,7D,8D,9D,10D,11D,12D,13D,14D,15D,16D,17D,18D,19D,20D,21D,22D,23D,24D,25D,26D,27D,28D,29D,30D. The maximum absolute atomic E-state index is 9.60. The zero-order valence-corrected chi connectivity index (χ0v) is 24.4. The number of furan rings is 1. The monoisotopic (exact) mass is 652 g/mol. The Hall–Kier alpha value is -6.44. The molecule has 10 aromatic rings. The van der Waals surface area contributed by atoms with Crippen LogP contribution in [0.1, 0.15) is 41.1 Å². The second-order valence-corrected chi connectivity index (χ2v) is 10.5. The van der Waals surface area contributed by atoms with E-state index in [0.717, 1.165) is 0 Å². The van der Waals surface area contributed by atoms with Gasteiger partial charge in [-0.05, 0) is 95.6 Å². The first kappa shape index (κ1) is 11.1. The van der Waals surface area contributed by atoms with E-state index in [4.69, 9.17) is 27.7 Å². The Kier molecular flexibility index (Phi) is 2.50. The van der Waals surface area contributed by atoms with Crippen molar-refractivity contribution in [2.75, 3.05) is 0 Å². The molecule has 0 bridgehead atoms. The van der Waals surface area contributed by atoms with Gasteiger partial charge in [-0.1, -0.05) is 157 Å². The van der Waals surface area contributed by atoms with Gasteiger partial charge in [0.25, 0.3) is 0 Å². The van der Waals surface area contributed by atoms with Crippen molar-refractivity contribution in [3.05, 3.63) is 181 Å². The first-order valence-corrected chi connectivity index (χ1v) is 14.4. The molecule has 228 valence electrons. The van der Waals surface area contributed by atoms with E-state index in [1.54, 1.807) is 0 Å².